The zero-order chi connectivity index (χ0) is 11.4. The summed E-state index contributed by atoms with van der Waals surface area (Å²) in [4.78, 5) is 21.9. The molecular weight excluding hydrogens is 264 g/mol. The topological polar surface area (TPSA) is 63.6 Å². The third-order valence-electron chi connectivity index (χ3n) is 1.77. The molecule has 0 fully saturated rings. The lowest BCUT2D eigenvalue weighted by Gasteiger charge is -2.06. The maximum Gasteiger partial charge on any atom is 0.311 e. The molecule has 1 aromatic carbocycles. The highest BCUT2D eigenvalue weighted by atomic mass is 79.9. The van der Waals surface area contributed by atoms with E-state index in [0.717, 1.165) is 0 Å². The highest BCUT2D eigenvalue weighted by Gasteiger charge is 2.15. The summed E-state index contributed by atoms with van der Waals surface area (Å²) in [5.74, 6) is -1.24. The molecule has 0 aromatic heterocycles. The molecule has 1 rings (SSSR count). The maximum atomic E-state index is 11.5. The Kier molecular flexibility index (Phi) is 3.85. The molecule has 80 valence electrons. The predicted octanol–water partition coefficient (Wildman–Crippen LogP) is 2.12. The van der Waals surface area contributed by atoms with Crippen molar-refractivity contribution in [3.63, 3.8) is 0 Å². The summed E-state index contributed by atoms with van der Waals surface area (Å²) in [7, 11) is 1.43. The van der Waals surface area contributed by atoms with Gasteiger partial charge >= 0.3 is 5.97 Å². The van der Waals surface area contributed by atoms with Crippen molar-refractivity contribution in [3.8, 4) is 5.75 Å². The third kappa shape index (κ3) is 3.06. The Hall–Kier alpha value is -1.36. The number of halogens is 1. The summed E-state index contributed by atoms with van der Waals surface area (Å²) in [6.45, 7) is 0. The fourth-order valence-corrected chi connectivity index (χ4v) is 1.49. The Bertz CT molecular complexity index is 400. The van der Waals surface area contributed by atoms with Crippen molar-refractivity contribution in [1.82, 2.24) is 0 Å². The van der Waals surface area contributed by atoms with Crippen LogP contribution in [0.3, 0.4) is 0 Å². The number of hydrogen-bond donors (Lipinski definition) is 1. The highest BCUT2D eigenvalue weighted by molar-refractivity contribution is 9.10. The molecule has 1 N–H and O–H groups in total. The summed E-state index contributed by atoms with van der Waals surface area (Å²) in [5.41, 5.74) is 0.272. The standard InChI is InChI=1S/C10H9BrO4/c1-15-9-3-2-6(11)4-7(9)8(12)5-10(13)14/h2-4H,5H2,1H3,(H,13,14). The molecule has 0 unspecified atom stereocenters. The summed E-state index contributed by atoms with van der Waals surface area (Å²) in [6.07, 6.45) is -0.535. The molecule has 0 aliphatic carbocycles. The fraction of sp³-hybridized carbons (Fsp3) is 0.200. The van der Waals surface area contributed by atoms with Crippen LogP contribution in [0.15, 0.2) is 22.7 Å². The van der Waals surface area contributed by atoms with Gasteiger partial charge in [-0.2, -0.15) is 0 Å². The molecule has 0 bridgehead atoms. The van der Waals surface area contributed by atoms with Gasteiger partial charge in [-0.25, -0.2) is 0 Å². The van der Waals surface area contributed by atoms with Crippen LogP contribution in [0, 0.1) is 0 Å². The van der Waals surface area contributed by atoms with E-state index in [1.54, 1.807) is 18.2 Å². The average Bonchev–Trinajstić information content (AvgIpc) is 2.16. The molecule has 5 heteroatoms. The summed E-state index contributed by atoms with van der Waals surface area (Å²) >= 11 is 3.20. The third-order valence-corrected chi connectivity index (χ3v) is 2.27. The van der Waals surface area contributed by atoms with Crippen molar-refractivity contribution in [2.75, 3.05) is 7.11 Å². The van der Waals surface area contributed by atoms with Gasteiger partial charge in [0.15, 0.2) is 5.78 Å². The Morgan fingerprint density at radius 3 is 2.67 bits per heavy atom. The molecule has 1 aromatic rings. The number of ether oxygens (including phenoxy) is 1. The monoisotopic (exact) mass is 272 g/mol. The van der Waals surface area contributed by atoms with E-state index in [-0.39, 0.29) is 5.56 Å². The van der Waals surface area contributed by atoms with Gasteiger partial charge in [-0.15, -0.1) is 0 Å². The number of benzene rings is 1. The molecule has 4 nitrogen and oxygen atoms in total. The summed E-state index contributed by atoms with van der Waals surface area (Å²) in [5, 5.41) is 8.50. The molecule has 0 aliphatic heterocycles. The molecule has 0 radical (unpaired) electrons. The van der Waals surface area contributed by atoms with Gasteiger partial charge in [0.1, 0.15) is 12.2 Å². The Morgan fingerprint density at radius 2 is 2.13 bits per heavy atom. The van der Waals surface area contributed by atoms with Gasteiger partial charge in [-0.3, -0.25) is 9.59 Å². The van der Waals surface area contributed by atoms with Crippen LogP contribution < -0.4 is 4.74 Å². The first-order chi connectivity index (χ1) is 7.04. The van der Waals surface area contributed by atoms with E-state index in [4.69, 9.17) is 9.84 Å². The van der Waals surface area contributed by atoms with Crippen LogP contribution in [-0.4, -0.2) is 24.0 Å². The van der Waals surface area contributed by atoms with Crippen LogP contribution in [0.4, 0.5) is 0 Å². The first kappa shape index (κ1) is 11.7. The first-order valence-corrected chi connectivity index (χ1v) is 4.92. The molecule has 0 saturated carbocycles. The van der Waals surface area contributed by atoms with Crippen molar-refractivity contribution >= 4 is 27.7 Å². The Morgan fingerprint density at radius 1 is 1.47 bits per heavy atom. The average molecular weight is 273 g/mol. The number of Topliss-reactive ketones (excluding diaryl/α,β-unsaturated/α-hetero) is 1. The van der Waals surface area contributed by atoms with E-state index in [0.29, 0.717) is 10.2 Å². The van der Waals surface area contributed by atoms with Gasteiger partial charge in [0.05, 0.1) is 12.7 Å². The zero-order valence-electron chi connectivity index (χ0n) is 7.99. The molecular formula is C10H9BrO4. The number of carboxylic acids is 1. The van der Waals surface area contributed by atoms with Crippen LogP contribution in [-0.2, 0) is 4.79 Å². The molecule has 0 saturated heterocycles. The normalized spacial score (nSPS) is 9.73. The van der Waals surface area contributed by atoms with E-state index >= 15 is 0 Å². The fourth-order valence-electron chi connectivity index (χ4n) is 1.13. The summed E-state index contributed by atoms with van der Waals surface area (Å²) in [6, 6.07) is 4.87. The van der Waals surface area contributed by atoms with Crippen molar-refractivity contribution in [1.29, 1.82) is 0 Å². The van der Waals surface area contributed by atoms with Crippen molar-refractivity contribution < 1.29 is 19.4 Å². The van der Waals surface area contributed by atoms with Gasteiger partial charge in [0.2, 0.25) is 0 Å². The van der Waals surface area contributed by atoms with Gasteiger partial charge < -0.3 is 9.84 Å². The largest absolute Gasteiger partial charge is 0.496 e. The summed E-state index contributed by atoms with van der Waals surface area (Å²) < 4.78 is 5.67. The number of ketones is 1. The van der Waals surface area contributed by atoms with Crippen LogP contribution in [0.2, 0.25) is 0 Å². The predicted molar refractivity (Wildman–Crippen MR) is 57.3 cm³/mol. The molecule has 0 aliphatic rings. The van der Waals surface area contributed by atoms with Gasteiger partial charge in [-0.05, 0) is 18.2 Å². The second-order valence-electron chi connectivity index (χ2n) is 2.84. The molecule has 15 heavy (non-hydrogen) atoms. The lowest BCUT2D eigenvalue weighted by Crippen LogP contribution is -2.08. The SMILES string of the molecule is COc1ccc(Br)cc1C(=O)CC(=O)O. The number of carbonyl (C=O) groups excluding carboxylic acids is 1. The number of rotatable bonds is 4. The molecule has 0 amide bonds. The maximum absolute atomic E-state index is 11.5. The first-order valence-electron chi connectivity index (χ1n) is 4.13. The van der Waals surface area contributed by atoms with Crippen LogP contribution in [0.5, 0.6) is 5.75 Å². The molecule has 0 atom stereocenters. The zero-order valence-corrected chi connectivity index (χ0v) is 9.58. The van der Waals surface area contributed by atoms with Crippen LogP contribution in [0.25, 0.3) is 0 Å². The number of carbonyl (C=O) groups is 2. The van der Waals surface area contributed by atoms with Gasteiger partial charge in [0, 0.05) is 4.47 Å². The Labute approximate surface area is 95.0 Å². The quantitative estimate of drug-likeness (QED) is 0.674. The lowest BCUT2D eigenvalue weighted by molar-refractivity contribution is -0.135. The minimum absolute atomic E-state index is 0.272. The minimum Gasteiger partial charge on any atom is -0.496 e. The van der Waals surface area contributed by atoms with Crippen LogP contribution >= 0.6 is 15.9 Å². The number of aliphatic carboxylic acids is 1. The van der Waals surface area contributed by atoms with E-state index in [2.05, 4.69) is 15.9 Å². The van der Waals surface area contributed by atoms with E-state index in [1.807, 2.05) is 0 Å². The smallest absolute Gasteiger partial charge is 0.311 e. The lowest BCUT2D eigenvalue weighted by atomic mass is 10.1. The Balaban J connectivity index is 3.05. The number of methoxy groups -OCH3 is 1. The second kappa shape index (κ2) is 4.93. The highest BCUT2D eigenvalue weighted by Crippen LogP contribution is 2.24. The molecule has 0 spiro atoms. The van der Waals surface area contributed by atoms with E-state index in [9.17, 15) is 9.59 Å². The van der Waals surface area contributed by atoms with Crippen molar-refractivity contribution in [2.24, 2.45) is 0 Å². The van der Waals surface area contributed by atoms with Gasteiger partial charge in [0.25, 0.3) is 0 Å². The van der Waals surface area contributed by atoms with Crippen molar-refractivity contribution in [3.05, 3.63) is 28.2 Å². The van der Waals surface area contributed by atoms with Crippen LogP contribution in [0.1, 0.15) is 16.8 Å². The van der Waals surface area contributed by atoms with Gasteiger partial charge in [-0.1, -0.05) is 15.9 Å². The minimum atomic E-state index is -1.15. The second-order valence-corrected chi connectivity index (χ2v) is 3.75. The van der Waals surface area contributed by atoms with Crippen molar-refractivity contribution in [2.45, 2.75) is 6.42 Å². The molecule has 0 heterocycles. The van der Waals surface area contributed by atoms with E-state index in [1.165, 1.54) is 7.11 Å². The number of carboxylic acid groups (broad SMARTS) is 1. The number of hydrogen-bond acceptors (Lipinski definition) is 3. The van der Waals surface area contributed by atoms with E-state index < -0.39 is 18.2 Å².